The van der Waals surface area contributed by atoms with Crippen LogP contribution in [0.5, 0.6) is 0 Å². The highest BCUT2D eigenvalue weighted by Crippen LogP contribution is 2.30. The van der Waals surface area contributed by atoms with Crippen molar-refractivity contribution in [1.29, 1.82) is 0 Å². The van der Waals surface area contributed by atoms with Crippen LogP contribution in [0.1, 0.15) is 34.3 Å². The predicted molar refractivity (Wildman–Crippen MR) is 162 cm³/mol. The number of piperidine rings is 1. The van der Waals surface area contributed by atoms with Crippen LogP contribution in [-0.4, -0.2) is 64.5 Å². The SMILES string of the molecule is Cc1cc(C)c(C(=O)N2CCN(c3cccc(S(N)(=O)=O)c3)CC2)cc1NC1CCN(c2ccccc2Cl)CC1. The lowest BCUT2D eigenvalue weighted by Gasteiger charge is -2.37. The Balaban J connectivity index is 1.22. The Morgan fingerprint density at radius 2 is 1.57 bits per heavy atom. The molecule has 3 N–H and O–H groups in total. The van der Waals surface area contributed by atoms with E-state index < -0.39 is 10.0 Å². The molecule has 40 heavy (non-hydrogen) atoms. The van der Waals surface area contributed by atoms with E-state index in [2.05, 4.69) is 34.2 Å². The lowest BCUT2D eigenvalue weighted by Crippen LogP contribution is -2.49. The van der Waals surface area contributed by atoms with Crippen molar-refractivity contribution in [1.82, 2.24) is 4.90 Å². The van der Waals surface area contributed by atoms with Crippen LogP contribution in [0.25, 0.3) is 0 Å². The Morgan fingerprint density at radius 3 is 2.25 bits per heavy atom. The summed E-state index contributed by atoms with van der Waals surface area (Å²) in [5.74, 6) is 0.0204. The first-order chi connectivity index (χ1) is 19.1. The quantitative estimate of drug-likeness (QED) is 0.440. The van der Waals surface area contributed by atoms with Gasteiger partial charge < -0.3 is 20.0 Å². The van der Waals surface area contributed by atoms with Crippen molar-refractivity contribution in [2.24, 2.45) is 5.14 Å². The molecule has 0 aromatic heterocycles. The molecule has 2 saturated heterocycles. The van der Waals surface area contributed by atoms with Crippen LogP contribution in [-0.2, 0) is 10.0 Å². The van der Waals surface area contributed by atoms with Gasteiger partial charge in [-0.2, -0.15) is 0 Å². The molecular formula is C30H36ClN5O3S. The second-order valence-corrected chi connectivity index (χ2v) is 12.6. The van der Waals surface area contributed by atoms with Gasteiger partial charge >= 0.3 is 0 Å². The van der Waals surface area contributed by atoms with Gasteiger partial charge in [0.1, 0.15) is 0 Å². The van der Waals surface area contributed by atoms with Gasteiger partial charge in [-0.1, -0.05) is 35.9 Å². The number of aryl methyl sites for hydroxylation is 2. The number of primary sulfonamides is 1. The van der Waals surface area contributed by atoms with E-state index in [1.54, 1.807) is 12.1 Å². The molecule has 2 fully saturated rings. The van der Waals surface area contributed by atoms with Crippen LogP contribution in [0, 0.1) is 13.8 Å². The smallest absolute Gasteiger partial charge is 0.254 e. The molecule has 212 valence electrons. The summed E-state index contributed by atoms with van der Waals surface area (Å²) in [5.41, 5.74) is 5.68. The number of amides is 1. The van der Waals surface area contributed by atoms with Gasteiger partial charge in [0, 0.05) is 62.2 Å². The average Bonchev–Trinajstić information content (AvgIpc) is 2.95. The van der Waals surface area contributed by atoms with E-state index in [-0.39, 0.29) is 10.8 Å². The summed E-state index contributed by atoms with van der Waals surface area (Å²) in [4.78, 5) is 20.0. The number of sulfonamides is 1. The molecule has 2 heterocycles. The van der Waals surface area contributed by atoms with E-state index in [0.717, 1.165) is 59.1 Å². The molecule has 10 heteroatoms. The van der Waals surface area contributed by atoms with E-state index in [1.807, 2.05) is 42.2 Å². The molecule has 0 atom stereocenters. The lowest BCUT2D eigenvalue weighted by molar-refractivity contribution is 0.0746. The first-order valence-corrected chi connectivity index (χ1v) is 15.6. The summed E-state index contributed by atoms with van der Waals surface area (Å²) in [5, 5.41) is 9.79. The number of carbonyl (C=O) groups excluding carboxylic acids is 1. The van der Waals surface area contributed by atoms with Crippen molar-refractivity contribution in [3.8, 4) is 0 Å². The Labute approximate surface area is 241 Å². The maximum atomic E-state index is 13.6. The van der Waals surface area contributed by atoms with Gasteiger partial charge in [0.15, 0.2) is 0 Å². The second kappa shape index (κ2) is 11.7. The van der Waals surface area contributed by atoms with Crippen molar-refractivity contribution < 1.29 is 13.2 Å². The number of nitrogens with zero attached hydrogens (tertiary/aromatic N) is 3. The number of para-hydroxylation sites is 1. The molecule has 3 aromatic carbocycles. The fourth-order valence-corrected chi connectivity index (χ4v) is 6.43. The third-order valence-electron chi connectivity index (χ3n) is 7.93. The van der Waals surface area contributed by atoms with Crippen molar-refractivity contribution in [2.45, 2.75) is 37.6 Å². The van der Waals surface area contributed by atoms with E-state index >= 15 is 0 Å². The number of nitrogens with two attached hydrogens (primary N) is 1. The van der Waals surface area contributed by atoms with Crippen molar-refractivity contribution in [2.75, 3.05) is 54.4 Å². The Morgan fingerprint density at radius 1 is 0.875 bits per heavy atom. The van der Waals surface area contributed by atoms with Crippen LogP contribution in [0.3, 0.4) is 0 Å². The molecule has 5 rings (SSSR count). The first-order valence-electron chi connectivity index (χ1n) is 13.6. The first kappa shape index (κ1) is 28.3. The second-order valence-electron chi connectivity index (χ2n) is 10.7. The van der Waals surface area contributed by atoms with Crippen LogP contribution < -0.4 is 20.3 Å². The van der Waals surface area contributed by atoms with E-state index in [9.17, 15) is 13.2 Å². The molecule has 8 nitrogen and oxygen atoms in total. The molecule has 1 amide bonds. The number of hydrogen-bond acceptors (Lipinski definition) is 6. The third-order valence-corrected chi connectivity index (χ3v) is 9.16. The van der Waals surface area contributed by atoms with Crippen molar-refractivity contribution in [3.63, 3.8) is 0 Å². The van der Waals surface area contributed by atoms with Crippen LogP contribution in [0.15, 0.2) is 65.6 Å². The van der Waals surface area contributed by atoms with Gasteiger partial charge in [0.05, 0.1) is 15.6 Å². The van der Waals surface area contributed by atoms with E-state index in [0.29, 0.717) is 37.8 Å². The van der Waals surface area contributed by atoms with Gasteiger partial charge in [0.25, 0.3) is 5.91 Å². The molecule has 0 unspecified atom stereocenters. The molecule has 0 radical (unpaired) electrons. The molecule has 2 aliphatic rings. The number of anilines is 3. The maximum absolute atomic E-state index is 13.6. The Kier molecular flexibility index (Phi) is 8.26. The van der Waals surface area contributed by atoms with Gasteiger partial charge in [0.2, 0.25) is 10.0 Å². The predicted octanol–water partition coefficient (Wildman–Crippen LogP) is 4.65. The van der Waals surface area contributed by atoms with Gasteiger partial charge in [-0.05, 0) is 74.2 Å². The highest BCUT2D eigenvalue weighted by atomic mass is 35.5. The summed E-state index contributed by atoms with van der Waals surface area (Å²) in [6.07, 6.45) is 1.97. The highest BCUT2D eigenvalue weighted by Gasteiger charge is 2.26. The van der Waals surface area contributed by atoms with Crippen molar-refractivity contribution in [3.05, 3.63) is 82.4 Å². The zero-order valence-corrected chi connectivity index (χ0v) is 24.5. The molecule has 0 spiro atoms. The molecule has 0 saturated carbocycles. The topological polar surface area (TPSA) is 99.0 Å². The minimum Gasteiger partial charge on any atom is -0.382 e. The largest absolute Gasteiger partial charge is 0.382 e. The number of benzene rings is 3. The fourth-order valence-electron chi connectivity index (χ4n) is 5.63. The number of carbonyl (C=O) groups is 1. The standard InChI is InChI=1S/C30H36ClN5O3S/c1-21-18-22(2)28(33-23-10-12-35(13-11-23)29-9-4-3-8-27(29)31)20-26(21)30(37)36-16-14-34(15-17-36)24-6-5-7-25(19-24)40(32,38)39/h3-9,18-20,23,33H,10-17H2,1-2H3,(H2,32,38,39). The molecule has 3 aromatic rings. The number of piperazine rings is 1. The summed E-state index contributed by atoms with van der Waals surface area (Å²) >= 11 is 6.41. The van der Waals surface area contributed by atoms with Gasteiger partial charge in [-0.3, -0.25) is 4.79 Å². The summed E-state index contributed by atoms with van der Waals surface area (Å²) < 4.78 is 23.5. The summed E-state index contributed by atoms with van der Waals surface area (Å²) in [6, 6.07) is 19.0. The molecular weight excluding hydrogens is 546 g/mol. The molecule has 2 aliphatic heterocycles. The Hall–Kier alpha value is -3.27. The van der Waals surface area contributed by atoms with Crippen molar-refractivity contribution >= 4 is 44.6 Å². The average molecular weight is 582 g/mol. The maximum Gasteiger partial charge on any atom is 0.254 e. The fraction of sp³-hybridized carbons (Fsp3) is 0.367. The zero-order valence-electron chi connectivity index (χ0n) is 22.9. The molecule has 0 aliphatic carbocycles. The molecule has 0 bridgehead atoms. The number of halogens is 1. The third kappa shape index (κ3) is 6.22. The summed E-state index contributed by atoms with van der Waals surface area (Å²) in [6.45, 7) is 8.23. The lowest BCUT2D eigenvalue weighted by atomic mass is 9.99. The van der Waals surface area contributed by atoms with Gasteiger partial charge in [-0.25, -0.2) is 13.6 Å². The van der Waals surface area contributed by atoms with E-state index in [4.69, 9.17) is 16.7 Å². The minimum atomic E-state index is -3.77. The number of rotatable bonds is 6. The van der Waals surface area contributed by atoms with E-state index in [1.165, 1.54) is 6.07 Å². The highest BCUT2D eigenvalue weighted by molar-refractivity contribution is 7.89. The summed E-state index contributed by atoms with van der Waals surface area (Å²) in [7, 11) is -3.77. The normalized spacial score (nSPS) is 16.8. The number of hydrogen-bond donors (Lipinski definition) is 2. The number of nitrogens with one attached hydrogen (secondary N) is 1. The van der Waals surface area contributed by atoms with Gasteiger partial charge in [-0.15, -0.1) is 0 Å². The monoisotopic (exact) mass is 581 g/mol. The van der Waals surface area contributed by atoms with Crippen LogP contribution in [0.4, 0.5) is 17.1 Å². The Bertz CT molecular complexity index is 1500. The minimum absolute atomic E-state index is 0.0204. The zero-order chi connectivity index (χ0) is 28.4. The van der Waals surface area contributed by atoms with Crippen LogP contribution in [0.2, 0.25) is 5.02 Å². The van der Waals surface area contributed by atoms with Crippen LogP contribution >= 0.6 is 11.6 Å².